The standard InChI is InChI=1S/C19H21N7O3/c1-11-16(12-5-15(27)17-13(6-20)7-21-25(17)8-12)22-23-26(11)14-9-24(10-14)18(28)29-19(2,3)4/h5,7-8,14,27H,9-10H2,1-4H3. The quantitative estimate of drug-likeness (QED) is 0.706. The predicted octanol–water partition coefficient (Wildman–Crippen LogP) is 2.27. The Morgan fingerprint density at radius 3 is 2.76 bits per heavy atom. The average Bonchev–Trinajstić information content (AvgIpc) is 3.16. The largest absolute Gasteiger partial charge is 0.506 e. The van der Waals surface area contributed by atoms with Gasteiger partial charge in [-0.15, -0.1) is 5.10 Å². The molecule has 0 aliphatic carbocycles. The van der Waals surface area contributed by atoms with Gasteiger partial charge in [0, 0.05) is 24.8 Å². The van der Waals surface area contributed by atoms with Crippen LogP contribution >= 0.6 is 0 Å². The number of amides is 1. The first kappa shape index (κ1) is 18.7. The number of pyridine rings is 1. The lowest BCUT2D eigenvalue weighted by Gasteiger charge is -2.39. The van der Waals surface area contributed by atoms with E-state index in [0.717, 1.165) is 5.69 Å². The van der Waals surface area contributed by atoms with Gasteiger partial charge < -0.3 is 14.7 Å². The summed E-state index contributed by atoms with van der Waals surface area (Å²) in [5.41, 5.74) is 2.17. The summed E-state index contributed by atoms with van der Waals surface area (Å²) in [4.78, 5) is 13.7. The van der Waals surface area contributed by atoms with E-state index in [-0.39, 0.29) is 17.9 Å². The van der Waals surface area contributed by atoms with Gasteiger partial charge in [0.2, 0.25) is 0 Å². The van der Waals surface area contributed by atoms with Crippen molar-refractivity contribution in [3.05, 3.63) is 29.7 Å². The van der Waals surface area contributed by atoms with Crippen molar-refractivity contribution in [1.82, 2.24) is 29.5 Å². The molecule has 1 fully saturated rings. The lowest BCUT2D eigenvalue weighted by Crippen LogP contribution is -2.52. The summed E-state index contributed by atoms with van der Waals surface area (Å²) in [7, 11) is 0. The highest BCUT2D eigenvalue weighted by molar-refractivity contribution is 5.74. The van der Waals surface area contributed by atoms with E-state index in [9.17, 15) is 9.90 Å². The molecule has 0 radical (unpaired) electrons. The normalized spacial score (nSPS) is 14.7. The van der Waals surface area contributed by atoms with Crippen LogP contribution in [0.25, 0.3) is 16.8 Å². The van der Waals surface area contributed by atoms with Gasteiger partial charge in [-0.1, -0.05) is 5.21 Å². The summed E-state index contributed by atoms with van der Waals surface area (Å²) in [6.45, 7) is 8.38. The molecule has 3 aromatic heterocycles. The van der Waals surface area contributed by atoms with Crippen molar-refractivity contribution in [2.24, 2.45) is 0 Å². The Hall–Kier alpha value is -3.61. The number of carbonyl (C=O) groups excluding carboxylic acids is 1. The van der Waals surface area contributed by atoms with Crippen molar-refractivity contribution >= 4 is 11.6 Å². The molecule has 4 rings (SSSR count). The lowest BCUT2D eigenvalue weighted by atomic mass is 10.1. The highest BCUT2D eigenvalue weighted by Gasteiger charge is 2.36. The molecule has 0 unspecified atom stereocenters. The van der Waals surface area contributed by atoms with Gasteiger partial charge in [-0.25, -0.2) is 14.0 Å². The molecule has 150 valence electrons. The third-order valence-corrected chi connectivity index (χ3v) is 4.77. The monoisotopic (exact) mass is 395 g/mol. The summed E-state index contributed by atoms with van der Waals surface area (Å²) >= 11 is 0. The minimum atomic E-state index is -0.531. The molecule has 1 amide bonds. The smallest absolute Gasteiger partial charge is 0.410 e. The van der Waals surface area contributed by atoms with Gasteiger partial charge >= 0.3 is 6.09 Å². The van der Waals surface area contributed by atoms with E-state index < -0.39 is 5.60 Å². The minimum Gasteiger partial charge on any atom is -0.506 e. The van der Waals surface area contributed by atoms with Crippen LogP contribution in [0.4, 0.5) is 4.79 Å². The van der Waals surface area contributed by atoms with Crippen LogP contribution in [0.5, 0.6) is 5.75 Å². The van der Waals surface area contributed by atoms with Crippen LogP contribution in [-0.4, -0.2) is 59.4 Å². The Balaban J connectivity index is 1.55. The van der Waals surface area contributed by atoms with E-state index >= 15 is 0 Å². The number of nitrogens with zero attached hydrogens (tertiary/aromatic N) is 7. The first-order chi connectivity index (χ1) is 13.7. The van der Waals surface area contributed by atoms with E-state index in [1.165, 1.54) is 10.7 Å². The van der Waals surface area contributed by atoms with Gasteiger partial charge in [-0.3, -0.25) is 0 Å². The molecule has 29 heavy (non-hydrogen) atoms. The summed E-state index contributed by atoms with van der Waals surface area (Å²) in [6.07, 6.45) is 2.77. The van der Waals surface area contributed by atoms with E-state index in [1.807, 2.05) is 33.8 Å². The molecule has 0 atom stereocenters. The maximum absolute atomic E-state index is 12.1. The van der Waals surface area contributed by atoms with Crippen LogP contribution in [0.3, 0.4) is 0 Å². The zero-order valence-electron chi connectivity index (χ0n) is 16.6. The molecule has 10 nitrogen and oxygen atoms in total. The number of fused-ring (bicyclic) bond motifs is 1. The van der Waals surface area contributed by atoms with Crippen LogP contribution in [0.15, 0.2) is 18.5 Å². The third kappa shape index (κ3) is 3.24. The summed E-state index contributed by atoms with van der Waals surface area (Å²) < 4.78 is 8.61. The van der Waals surface area contributed by atoms with Crippen LogP contribution in [0.2, 0.25) is 0 Å². The maximum atomic E-state index is 12.1. The first-order valence-electron chi connectivity index (χ1n) is 9.18. The van der Waals surface area contributed by atoms with Gasteiger partial charge in [0.15, 0.2) is 0 Å². The maximum Gasteiger partial charge on any atom is 0.410 e. The van der Waals surface area contributed by atoms with Gasteiger partial charge in [0.05, 0.1) is 17.9 Å². The van der Waals surface area contributed by atoms with E-state index in [4.69, 9.17) is 10.00 Å². The third-order valence-electron chi connectivity index (χ3n) is 4.77. The Morgan fingerprint density at radius 2 is 2.10 bits per heavy atom. The Bertz CT molecular complexity index is 1140. The molecule has 10 heteroatoms. The second kappa shape index (κ2) is 6.48. The summed E-state index contributed by atoms with van der Waals surface area (Å²) in [5.74, 6) is -0.0507. The number of ether oxygens (including phenoxy) is 1. The molecule has 0 aromatic carbocycles. The molecular formula is C19H21N7O3. The molecule has 0 bridgehead atoms. The van der Waals surface area contributed by atoms with Crippen LogP contribution in [0, 0.1) is 18.3 Å². The van der Waals surface area contributed by atoms with Crippen LogP contribution in [-0.2, 0) is 4.74 Å². The second-order valence-electron chi connectivity index (χ2n) is 8.08. The van der Waals surface area contributed by atoms with Crippen molar-refractivity contribution in [2.45, 2.75) is 39.3 Å². The molecule has 3 aromatic rings. The number of aromatic nitrogens is 5. The summed E-state index contributed by atoms with van der Waals surface area (Å²) in [6, 6.07) is 3.56. The number of aromatic hydroxyl groups is 1. The zero-order chi connectivity index (χ0) is 20.9. The number of nitriles is 1. The fourth-order valence-corrected chi connectivity index (χ4v) is 3.35. The highest BCUT2D eigenvalue weighted by Crippen LogP contribution is 2.31. The van der Waals surface area contributed by atoms with Gasteiger partial charge in [-0.05, 0) is 33.8 Å². The number of rotatable bonds is 2. The van der Waals surface area contributed by atoms with Crippen molar-refractivity contribution in [3.8, 4) is 23.1 Å². The molecule has 1 aliphatic heterocycles. The zero-order valence-corrected chi connectivity index (χ0v) is 16.6. The fraction of sp³-hybridized carbons (Fsp3) is 0.421. The highest BCUT2D eigenvalue weighted by atomic mass is 16.6. The Kier molecular flexibility index (Phi) is 4.19. The van der Waals surface area contributed by atoms with Crippen molar-refractivity contribution in [3.63, 3.8) is 0 Å². The molecular weight excluding hydrogens is 374 g/mol. The molecule has 1 aliphatic rings. The van der Waals surface area contributed by atoms with Gasteiger partial charge in [0.25, 0.3) is 0 Å². The molecule has 1 N–H and O–H groups in total. The number of likely N-dealkylation sites (tertiary alicyclic amines) is 1. The topological polar surface area (TPSA) is 122 Å². The Morgan fingerprint density at radius 1 is 1.38 bits per heavy atom. The summed E-state index contributed by atoms with van der Waals surface area (Å²) in [5, 5.41) is 32.1. The second-order valence-corrected chi connectivity index (χ2v) is 8.08. The van der Waals surface area contributed by atoms with Crippen LogP contribution in [0.1, 0.15) is 38.1 Å². The first-order valence-corrected chi connectivity index (χ1v) is 9.18. The Labute approximate surface area is 166 Å². The minimum absolute atomic E-state index is 0.0102. The SMILES string of the molecule is Cc1c(-c2cc(O)c3c(C#N)cnn3c2)nnn1C1CN(C(=O)OC(C)(C)C)C1. The van der Waals surface area contributed by atoms with Crippen LogP contribution < -0.4 is 0 Å². The van der Waals surface area contributed by atoms with Crippen molar-refractivity contribution in [2.75, 3.05) is 13.1 Å². The number of carbonyl (C=O) groups is 1. The average molecular weight is 395 g/mol. The van der Waals surface area contributed by atoms with Gasteiger partial charge in [-0.2, -0.15) is 10.4 Å². The molecule has 0 spiro atoms. The molecule has 1 saturated heterocycles. The molecule has 4 heterocycles. The van der Waals surface area contributed by atoms with Gasteiger partial charge in [0.1, 0.15) is 34.2 Å². The van der Waals surface area contributed by atoms with E-state index in [0.29, 0.717) is 35.4 Å². The number of hydrogen-bond donors (Lipinski definition) is 1. The fourth-order valence-electron chi connectivity index (χ4n) is 3.35. The van der Waals surface area contributed by atoms with E-state index in [1.54, 1.807) is 21.8 Å². The van der Waals surface area contributed by atoms with E-state index in [2.05, 4.69) is 15.4 Å². The lowest BCUT2D eigenvalue weighted by molar-refractivity contribution is -0.000881. The molecule has 0 saturated carbocycles. The van der Waals surface area contributed by atoms with Crippen molar-refractivity contribution in [1.29, 1.82) is 5.26 Å². The predicted molar refractivity (Wildman–Crippen MR) is 102 cm³/mol. The van der Waals surface area contributed by atoms with Crippen molar-refractivity contribution < 1.29 is 14.6 Å². The number of hydrogen-bond acceptors (Lipinski definition) is 7.